The lowest BCUT2D eigenvalue weighted by Crippen LogP contribution is -2.52. The molecule has 0 aromatic heterocycles. The Bertz CT molecular complexity index is 515. The van der Waals surface area contributed by atoms with Crippen molar-refractivity contribution in [3.63, 3.8) is 0 Å². The van der Waals surface area contributed by atoms with E-state index in [1.54, 1.807) is 24.3 Å². The molecule has 0 saturated heterocycles. The predicted octanol–water partition coefficient (Wildman–Crippen LogP) is 0.395. The molecule has 1 amide bonds. The van der Waals surface area contributed by atoms with Gasteiger partial charge < -0.3 is 11.1 Å². The molecule has 0 saturated carbocycles. The number of fused-ring (bicyclic) bond motifs is 1. The van der Waals surface area contributed by atoms with E-state index in [1.165, 1.54) is 11.8 Å². The zero-order valence-corrected chi connectivity index (χ0v) is 9.95. The molecule has 0 unspecified atom stereocenters. The zero-order chi connectivity index (χ0) is 12.6. The molecule has 0 spiro atoms. The van der Waals surface area contributed by atoms with E-state index in [1.807, 2.05) is 0 Å². The van der Waals surface area contributed by atoms with E-state index in [9.17, 15) is 9.59 Å². The number of Topliss-reactive ketones (excluding diaryl/α,β-unsaturated/α-hetero) is 1. The highest BCUT2D eigenvalue weighted by atomic mass is 32.1. The standard InChI is InChI=1S/C11H11N3O2S/c1-6(15)14-8-5-3-2-4-7(8)9(16)10(14)13-11(12)17/h2-5,10H,1H3,(H3,12,13,17)/t10-/m0/s1. The third kappa shape index (κ3) is 1.87. The Labute approximate surface area is 104 Å². The van der Waals surface area contributed by atoms with Gasteiger partial charge in [0.05, 0.1) is 5.69 Å². The van der Waals surface area contributed by atoms with Crippen LogP contribution in [-0.4, -0.2) is 23.0 Å². The Kier molecular flexibility index (Phi) is 2.81. The van der Waals surface area contributed by atoms with Crippen LogP contribution in [-0.2, 0) is 4.79 Å². The molecular weight excluding hydrogens is 238 g/mol. The molecule has 1 atom stereocenters. The number of rotatable bonds is 1. The number of nitrogens with two attached hydrogens (primary N) is 1. The number of carbonyl (C=O) groups is 2. The fourth-order valence-electron chi connectivity index (χ4n) is 1.91. The highest BCUT2D eigenvalue weighted by molar-refractivity contribution is 7.80. The monoisotopic (exact) mass is 249 g/mol. The van der Waals surface area contributed by atoms with Crippen molar-refractivity contribution < 1.29 is 9.59 Å². The van der Waals surface area contributed by atoms with Gasteiger partial charge in [0.2, 0.25) is 11.7 Å². The van der Waals surface area contributed by atoms with Gasteiger partial charge in [0.1, 0.15) is 0 Å². The molecule has 2 rings (SSSR count). The van der Waals surface area contributed by atoms with Gasteiger partial charge in [-0.25, -0.2) is 0 Å². The summed E-state index contributed by atoms with van der Waals surface area (Å²) in [5.74, 6) is -0.444. The molecule has 1 aliphatic heterocycles. The molecule has 1 aromatic carbocycles. The maximum atomic E-state index is 12.1. The minimum atomic E-state index is -0.831. The van der Waals surface area contributed by atoms with Gasteiger partial charge in [-0.3, -0.25) is 14.5 Å². The predicted molar refractivity (Wildman–Crippen MR) is 67.6 cm³/mol. The second-order valence-electron chi connectivity index (χ2n) is 3.68. The fourth-order valence-corrected chi connectivity index (χ4v) is 2.02. The molecule has 0 fully saturated rings. The third-order valence-corrected chi connectivity index (χ3v) is 2.67. The van der Waals surface area contributed by atoms with Crippen LogP contribution in [0, 0.1) is 0 Å². The number of nitrogens with zero attached hydrogens (tertiary/aromatic N) is 1. The van der Waals surface area contributed by atoms with E-state index in [0.29, 0.717) is 11.3 Å². The second-order valence-corrected chi connectivity index (χ2v) is 4.12. The fraction of sp³-hybridized carbons (Fsp3) is 0.182. The summed E-state index contributed by atoms with van der Waals surface area (Å²) < 4.78 is 0. The number of para-hydroxylation sites is 1. The molecule has 1 aliphatic rings. The lowest BCUT2D eigenvalue weighted by atomic mass is 10.1. The van der Waals surface area contributed by atoms with Crippen LogP contribution in [0.4, 0.5) is 5.69 Å². The maximum Gasteiger partial charge on any atom is 0.225 e. The maximum absolute atomic E-state index is 12.1. The highest BCUT2D eigenvalue weighted by Crippen LogP contribution is 2.30. The topological polar surface area (TPSA) is 75.4 Å². The molecule has 1 heterocycles. The number of anilines is 1. The minimum Gasteiger partial charge on any atom is -0.376 e. The Hall–Kier alpha value is -1.95. The van der Waals surface area contributed by atoms with Gasteiger partial charge in [-0.05, 0) is 24.4 Å². The van der Waals surface area contributed by atoms with Crippen molar-refractivity contribution in [2.45, 2.75) is 13.1 Å². The number of carbonyl (C=O) groups excluding carboxylic acids is 2. The van der Waals surface area contributed by atoms with E-state index in [2.05, 4.69) is 5.32 Å². The first-order chi connectivity index (χ1) is 8.02. The van der Waals surface area contributed by atoms with Gasteiger partial charge in [0.25, 0.3) is 0 Å². The number of hydrogen-bond donors (Lipinski definition) is 2. The summed E-state index contributed by atoms with van der Waals surface area (Å²) in [6, 6.07) is 6.91. The molecule has 0 aliphatic carbocycles. The number of ketones is 1. The van der Waals surface area contributed by atoms with Crippen molar-refractivity contribution in [3.8, 4) is 0 Å². The van der Waals surface area contributed by atoms with Crippen LogP contribution < -0.4 is 16.0 Å². The first-order valence-electron chi connectivity index (χ1n) is 5.01. The molecule has 6 heteroatoms. The van der Waals surface area contributed by atoms with Gasteiger partial charge in [-0.2, -0.15) is 0 Å². The van der Waals surface area contributed by atoms with Crippen LogP contribution in [0.3, 0.4) is 0 Å². The number of amides is 1. The Balaban J connectivity index is 2.47. The average Bonchev–Trinajstić information content (AvgIpc) is 2.52. The van der Waals surface area contributed by atoms with Crippen LogP contribution in [0.15, 0.2) is 24.3 Å². The van der Waals surface area contributed by atoms with E-state index in [-0.39, 0.29) is 16.8 Å². The average molecular weight is 249 g/mol. The molecule has 0 bridgehead atoms. The summed E-state index contributed by atoms with van der Waals surface area (Å²) in [7, 11) is 0. The SMILES string of the molecule is CC(=O)N1c2ccccc2C(=O)[C@H]1NC(N)=S. The summed E-state index contributed by atoms with van der Waals surface area (Å²) in [5.41, 5.74) is 6.44. The zero-order valence-electron chi connectivity index (χ0n) is 9.14. The van der Waals surface area contributed by atoms with Gasteiger partial charge >= 0.3 is 0 Å². The van der Waals surface area contributed by atoms with Gasteiger partial charge in [-0.15, -0.1) is 0 Å². The summed E-state index contributed by atoms with van der Waals surface area (Å²) in [5, 5.41) is 2.62. The van der Waals surface area contributed by atoms with E-state index >= 15 is 0 Å². The van der Waals surface area contributed by atoms with Crippen LogP contribution in [0.1, 0.15) is 17.3 Å². The molecule has 17 heavy (non-hydrogen) atoms. The van der Waals surface area contributed by atoms with Crippen LogP contribution in [0.25, 0.3) is 0 Å². The molecule has 0 radical (unpaired) electrons. The van der Waals surface area contributed by atoms with Crippen molar-refractivity contribution in [3.05, 3.63) is 29.8 Å². The van der Waals surface area contributed by atoms with Gasteiger partial charge in [0.15, 0.2) is 11.3 Å². The van der Waals surface area contributed by atoms with Gasteiger partial charge in [-0.1, -0.05) is 12.1 Å². The number of benzene rings is 1. The second kappa shape index (κ2) is 4.14. The van der Waals surface area contributed by atoms with E-state index < -0.39 is 6.17 Å². The molecule has 1 aromatic rings. The van der Waals surface area contributed by atoms with Crippen LogP contribution >= 0.6 is 12.2 Å². The molecular formula is C11H11N3O2S. The first kappa shape index (κ1) is 11.5. The number of nitrogens with one attached hydrogen (secondary N) is 1. The summed E-state index contributed by atoms with van der Waals surface area (Å²) in [4.78, 5) is 25.0. The largest absolute Gasteiger partial charge is 0.376 e. The lowest BCUT2D eigenvalue weighted by Gasteiger charge is -2.23. The third-order valence-electron chi connectivity index (χ3n) is 2.55. The summed E-state index contributed by atoms with van der Waals surface area (Å²) >= 11 is 4.71. The van der Waals surface area contributed by atoms with Crippen molar-refractivity contribution >= 4 is 34.7 Å². The highest BCUT2D eigenvalue weighted by Gasteiger charge is 2.39. The Morgan fingerprint density at radius 3 is 2.71 bits per heavy atom. The van der Waals surface area contributed by atoms with Crippen molar-refractivity contribution in [1.82, 2.24) is 5.32 Å². The summed E-state index contributed by atoms with van der Waals surface area (Å²) in [6.07, 6.45) is -0.831. The van der Waals surface area contributed by atoms with Gasteiger partial charge in [0, 0.05) is 12.5 Å². The van der Waals surface area contributed by atoms with Crippen molar-refractivity contribution in [2.24, 2.45) is 5.73 Å². The normalized spacial score (nSPS) is 17.8. The Morgan fingerprint density at radius 1 is 1.47 bits per heavy atom. The lowest BCUT2D eigenvalue weighted by molar-refractivity contribution is -0.116. The van der Waals surface area contributed by atoms with E-state index in [0.717, 1.165) is 0 Å². The van der Waals surface area contributed by atoms with Crippen LogP contribution in [0.2, 0.25) is 0 Å². The number of thiocarbonyl (C=S) groups is 1. The minimum absolute atomic E-state index is 0.0117. The molecule has 3 N–H and O–H groups in total. The van der Waals surface area contributed by atoms with Crippen molar-refractivity contribution in [2.75, 3.05) is 4.90 Å². The number of hydrogen-bond acceptors (Lipinski definition) is 3. The van der Waals surface area contributed by atoms with Crippen molar-refractivity contribution in [1.29, 1.82) is 0 Å². The Morgan fingerprint density at radius 2 is 2.12 bits per heavy atom. The van der Waals surface area contributed by atoms with E-state index in [4.69, 9.17) is 18.0 Å². The van der Waals surface area contributed by atoms with Crippen LogP contribution in [0.5, 0.6) is 0 Å². The molecule has 88 valence electrons. The first-order valence-corrected chi connectivity index (χ1v) is 5.42. The summed E-state index contributed by atoms with van der Waals surface area (Å²) in [6.45, 7) is 1.39. The quantitative estimate of drug-likeness (QED) is 0.704. The smallest absolute Gasteiger partial charge is 0.225 e. The molecule has 5 nitrogen and oxygen atoms in total.